The van der Waals surface area contributed by atoms with Crippen LogP contribution in [-0.2, 0) is 18.4 Å². The van der Waals surface area contributed by atoms with E-state index in [1.807, 2.05) is 7.05 Å². The van der Waals surface area contributed by atoms with Crippen LogP contribution in [0, 0.1) is 6.92 Å². The molecule has 0 unspecified atom stereocenters. The van der Waals surface area contributed by atoms with Crippen LogP contribution in [0.4, 0.5) is 0 Å². The van der Waals surface area contributed by atoms with Gasteiger partial charge in [-0.2, -0.15) is 0 Å². The number of carbonyl (C=O) groups is 1. The number of nitrogens with zero attached hydrogens (tertiary/aromatic N) is 1. The summed E-state index contributed by atoms with van der Waals surface area (Å²) in [7, 11) is 2.02. The number of rotatable bonds is 3. The van der Waals surface area contributed by atoms with E-state index in [0.717, 1.165) is 25.1 Å². The van der Waals surface area contributed by atoms with E-state index in [4.69, 9.17) is 0 Å². The molecular weight excluding hydrogens is 202 g/mol. The fourth-order valence-corrected chi connectivity index (χ4v) is 2.05. The number of carbonyl (C=O) groups excluding carboxylic acids is 1. The van der Waals surface area contributed by atoms with Crippen LogP contribution in [0.3, 0.4) is 0 Å². The van der Waals surface area contributed by atoms with Crippen molar-refractivity contribution >= 4 is 5.91 Å². The molecule has 4 heteroatoms. The lowest BCUT2D eigenvalue weighted by atomic mass is 10.2. The highest BCUT2D eigenvalue weighted by atomic mass is 16.2. The molecule has 0 spiro atoms. The molecule has 1 saturated heterocycles. The lowest BCUT2D eigenvalue weighted by Gasteiger charge is -2.11. The Balaban J connectivity index is 1.87. The molecule has 1 aliphatic rings. The Labute approximate surface area is 96.0 Å². The maximum atomic E-state index is 11.8. The zero-order valence-corrected chi connectivity index (χ0v) is 9.92. The molecule has 0 aliphatic carbocycles. The van der Waals surface area contributed by atoms with Crippen molar-refractivity contribution < 1.29 is 4.79 Å². The second kappa shape index (κ2) is 4.70. The van der Waals surface area contributed by atoms with E-state index in [1.165, 1.54) is 5.69 Å². The van der Waals surface area contributed by atoms with E-state index < -0.39 is 0 Å². The van der Waals surface area contributed by atoms with Crippen LogP contribution < -0.4 is 10.6 Å². The van der Waals surface area contributed by atoms with Crippen LogP contribution in [0.25, 0.3) is 0 Å². The first-order valence-corrected chi connectivity index (χ1v) is 5.81. The highest BCUT2D eigenvalue weighted by Crippen LogP contribution is 2.07. The van der Waals surface area contributed by atoms with E-state index in [2.05, 4.69) is 34.3 Å². The third kappa shape index (κ3) is 2.27. The Kier molecular flexibility index (Phi) is 3.29. The summed E-state index contributed by atoms with van der Waals surface area (Å²) in [5.74, 6) is 0.122. The van der Waals surface area contributed by atoms with Crippen molar-refractivity contribution in [3.63, 3.8) is 0 Å². The largest absolute Gasteiger partial charge is 0.350 e. The van der Waals surface area contributed by atoms with Gasteiger partial charge in [0, 0.05) is 18.4 Å². The summed E-state index contributed by atoms with van der Waals surface area (Å²) in [5, 5.41) is 6.17. The predicted molar refractivity (Wildman–Crippen MR) is 63.0 cm³/mol. The van der Waals surface area contributed by atoms with Crippen molar-refractivity contribution in [2.24, 2.45) is 7.05 Å². The number of hydrogen-bond donors (Lipinski definition) is 2. The van der Waals surface area contributed by atoms with E-state index in [9.17, 15) is 4.79 Å². The van der Waals surface area contributed by atoms with Crippen LogP contribution >= 0.6 is 0 Å². The van der Waals surface area contributed by atoms with Gasteiger partial charge in [-0.05, 0) is 38.4 Å². The first-order chi connectivity index (χ1) is 7.68. The second-order valence-corrected chi connectivity index (χ2v) is 4.39. The molecule has 4 nitrogen and oxygen atoms in total. The van der Waals surface area contributed by atoms with Crippen LogP contribution in [0.1, 0.15) is 24.2 Å². The summed E-state index contributed by atoms with van der Waals surface area (Å²) < 4.78 is 2.10. The van der Waals surface area contributed by atoms with Crippen LogP contribution in [0.15, 0.2) is 12.1 Å². The first-order valence-electron chi connectivity index (χ1n) is 5.81. The van der Waals surface area contributed by atoms with Crippen molar-refractivity contribution in [3.05, 3.63) is 23.5 Å². The lowest BCUT2D eigenvalue weighted by Crippen LogP contribution is -2.40. The van der Waals surface area contributed by atoms with E-state index >= 15 is 0 Å². The van der Waals surface area contributed by atoms with Crippen LogP contribution in [-0.4, -0.2) is 23.1 Å². The fraction of sp³-hybridized carbons (Fsp3) is 0.583. The zero-order valence-electron chi connectivity index (χ0n) is 9.92. The molecule has 1 amide bonds. The Morgan fingerprint density at radius 2 is 2.44 bits per heavy atom. The molecule has 0 radical (unpaired) electrons. The van der Waals surface area contributed by atoms with Crippen molar-refractivity contribution in [2.45, 2.75) is 32.4 Å². The maximum Gasteiger partial charge on any atom is 0.237 e. The minimum absolute atomic E-state index is 0.0152. The average Bonchev–Trinajstić information content (AvgIpc) is 2.89. The highest BCUT2D eigenvalue weighted by Gasteiger charge is 2.21. The molecule has 2 N–H and O–H groups in total. The summed E-state index contributed by atoms with van der Waals surface area (Å²) >= 11 is 0. The number of amides is 1. The third-order valence-electron chi connectivity index (χ3n) is 3.30. The Morgan fingerprint density at radius 1 is 1.62 bits per heavy atom. The molecule has 1 aromatic heterocycles. The van der Waals surface area contributed by atoms with Crippen LogP contribution in [0.5, 0.6) is 0 Å². The number of aryl methyl sites for hydroxylation is 1. The van der Waals surface area contributed by atoms with Crippen molar-refractivity contribution in [1.29, 1.82) is 0 Å². The summed E-state index contributed by atoms with van der Waals surface area (Å²) in [6.07, 6.45) is 2.05. The molecule has 1 atom stereocenters. The molecule has 2 rings (SSSR count). The van der Waals surface area contributed by atoms with Crippen molar-refractivity contribution in [2.75, 3.05) is 6.54 Å². The average molecular weight is 221 g/mol. The van der Waals surface area contributed by atoms with Gasteiger partial charge in [0.1, 0.15) is 0 Å². The zero-order chi connectivity index (χ0) is 11.5. The molecule has 1 fully saturated rings. The molecule has 16 heavy (non-hydrogen) atoms. The predicted octanol–water partition coefficient (Wildman–Crippen LogP) is 0.702. The van der Waals surface area contributed by atoms with Gasteiger partial charge in [0.15, 0.2) is 0 Å². The summed E-state index contributed by atoms with van der Waals surface area (Å²) in [6, 6.07) is 4.13. The summed E-state index contributed by atoms with van der Waals surface area (Å²) in [4.78, 5) is 11.8. The lowest BCUT2D eigenvalue weighted by molar-refractivity contribution is -0.122. The van der Waals surface area contributed by atoms with Gasteiger partial charge >= 0.3 is 0 Å². The van der Waals surface area contributed by atoms with Gasteiger partial charge in [-0.1, -0.05) is 0 Å². The van der Waals surface area contributed by atoms with Crippen molar-refractivity contribution in [1.82, 2.24) is 15.2 Å². The van der Waals surface area contributed by atoms with Crippen LogP contribution in [0.2, 0.25) is 0 Å². The van der Waals surface area contributed by atoms with Gasteiger partial charge in [0.05, 0.1) is 12.6 Å². The molecule has 0 bridgehead atoms. The molecule has 1 aromatic rings. The Morgan fingerprint density at radius 3 is 3.00 bits per heavy atom. The monoisotopic (exact) mass is 221 g/mol. The standard InChI is InChI=1S/C12H19N3O/c1-9-5-6-10(15(9)2)8-14-12(16)11-4-3-7-13-11/h5-6,11,13H,3-4,7-8H2,1-2H3,(H,14,16)/t11-/m1/s1. The van der Waals surface area contributed by atoms with Gasteiger partial charge < -0.3 is 15.2 Å². The second-order valence-electron chi connectivity index (χ2n) is 4.39. The molecular formula is C12H19N3O. The first kappa shape index (κ1) is 11.2. The highest BCUT2D eigenvalue weighted by molar-refractivity contribution is 5.81. The third-order valence-corrected chi connectivity index (χ3v) is 3.30. The van der Waals surface area contributed by atoms with Gasteiger partial charge in [-0.15, -0.1) is 0 Å². The summed E-state index contributed by atoms with van der Waals surface area (Å²) in [5.41, 5.74) is 2.35. The normalized spacial score (nSPS) is 20.0. The molecule has 1 aliphatic heterocycles. The fourth-order valence-electron chi connectivity index (χ4n) is 2.05. The van der Waals surface area contributed by atoms with E-state index in [0.29, 0.717) is 6.54 Å². The summed E-state index contributed by atoms with van der Waals surface area (Å²) in [6.45, 7) is 3.63. The Bertz CT molecular complexity index is 378. The molecule has 88 valence electrons. The van der Waals surface area contributed by atoms with Gasteiger partial charge in [-0.3, -0.25) is 4.79 Å². The van der Waals surface area contributed by atoms with E-state index in [1.54, 1.807) is 0 Å². The number of hydrogen-bond acceptors (Lipinski definition) is 2. The smallest absolute Gasteiger partial charge is 0.237 e. The van der Waals surface area contributed by atoms with Gasteiger partial charge in [0.2, 0.25) is 5.91 Å². The minimum Gasteiger partial charge on any atom is -0.350 e. The Hall–Kier alpha value is -1.29. The number of nitrogens with one attached hydrogen (secondary N) is 2. The molecule has 2 heterocycles. The quantitative estimate of drug-likeness (QED) is 0.789. The van der Waals surface area contributed by atoms with Crippen molar-refractivity contribution in [3.8, 4) is 0 Å². The van der Waals surface area contributed by atoms with Gasteiger partial charge in [-0.25, -0.2) is 0 Å². The SMILES string of the molecule is Cc1ccc(CNC(=O)[C@H]2CCCN2)n1C. The maximum absolute atomic E-state index is 11.8. The van der Waals surface area contributed by atoms with Gasteiger partial charge in [0.25, 0.3) is 0 Å². The number of aromatic nitrogens is 1. The molecule has 0 saturated carbocycles. The van der Waals surface area contributed by atoms with E-state index in [-0.39, 0.29) is 11.9 Å². The minimum atomic E-state index is 0.0152. The molecule has 0 aromatic carbocycles. The topological polar surface area (TPSA) is 46.1 Å².